The Hall–Kier alpha value is -1.84. The van der Waals surface area contributed by atoms with E-state index in [4.69, 9.17) is 10.2 Å². The number of carboxylic acids is 2. The van der Waals surface area contributed by atoms with Gasteiger partial charge in [-0.05, 0) is 0 Å². The molecule has 2 unspecified atom stereocenters. The largest absolute Gasteiger partial charge is 0.478 e. The molecule has 0 saturated heterocycles. The van der Waals surface area contributed by atoms with Crippen molar-refractivity contribution in [2.24, 2.45) is 0 Å². The second-order valence-electron chi connectivity index (χ2n) is 3.63. The van der Waals surface area contributed by atoms with Crippen LogP contribution in [0.25, 0.3) is 0 Å². The van der Waals surface area contributed by atoms with Crippen LogP contribution in [0, 0.1) is 0 Å². The van der Waals surface area contributed by atoms with Gasteiger partial charge in [-0.1, -0.05) is 45.2 Å². The fourth-order valence-corrected chi connectivity index (χ4v) is 1.74. The van der Waals surface area contributed by atoms with Crippen LogP contribution in [0.15, 0.2) is 24.3 Å². The smallest absolute Gasteiger partial charge is 0.338 e. The van der Waals surface area contributed by atoms with Crippen LogP contribution in [0.2, 0.25) is 0 Å². The molecule has 0 saturated carbocycles. The number of carbonyl (C=O) groups excluding carboxylic acids is 4. The Kier molecular flexibility index (Phi) is 10.0. The van der Waals surface area contributed by atoms with E-state index in [1.54, 1.807) is 0 Å². The molecule has 2 atom stereocenters. The third-order valence-corrected chi connectivity index (χ3v) is 5.67. The van der Waals surface area contributed by atoms with E-state index in [9.17, 15) is 28.8 Å². The maximum atomic E-state index is 11.6. The Morgan fingerprint density at radius 1 is 0.667 bits per heavy atom. The molecule has 0 aromatic carbocycles. The Morgan fingerprint density at radius 2 is 0.958 bits per heavy atom. The van der Waals surface area contributed by atoms with E-state index in [1.165, 1.54) is 45.2 Å². The van der Waals surface area contributed by atoms with Crippen LogP contribution in [-0.2, 0) is 38.2 Å². The van der Waals surface area contributed by atoms with Crippen LogP contribution in [0.1, 0.15) is 0 Å². The minimum absolute atomic E-state index is 0.459. The summed E-state index contributed by atoms with van der Waals surface area (Å²) in [6.07, 6.45) is 1.93. The standard InChI is InChI=1S/C12H8I2O10/c13-9(11(21)23-7(19)3-1-5(15)16)10(14)12(22)24-8(20)4-2-6(17)18/h1-4,9-10H,(H,15,16)(H,17,18)/b3-1-,4-2-. The van der Waals surface area contributed by atoms with Crippen LogP contribution in [0.5, 0.6) is 0 Å². The summed E-state index contributed by atoms with van der Waals surface area (Å²) >= 11 is 2.93. The Balaban J connectivity index is 4.65. The summed E-state index contributed by atoms with van der Waals surface area (Å²) in [7, 11) is 0. The molecular formula is C12H8I2O10. The summed E-state index contributed by atoms with van der Waals surface area (Å²) in [5, 5.41) is 16.6. The molecule has 0 aliphatic rings. The zero-order valence-electron chi connectivity index (χ0n) is 11.4. The lowest BCUT2D eigenvalue weighted by atomic mass is 10.3. The SMILES string of the molecule is O=C(O)/C=C\C(=O)OC(=O)C(I)C(I)C(=O)OC(=O)/C=C\C(=O)O. The molecule has 12 heteroatoms. The minimum Gasteiger partial charge on any atom is -0.478 e. The van der Waals surface area contributed by atoms with Gasteiger partial charge in [-0.25, -0.2) is 19.2 Å². The quantitative estimate of drug-likeness (QED) is 0.141. The van der Waals surface area contributed by atoms with Gasteiger partial charge in [0.05, 0.1) is 0 Å². The number of aliphatic carboxylic acids is 2. The van der Waals surface area contributed by atoms with Gasteiger partial charge in [0, 0.05) is 24.3 Å². The Bertz CT molecular complexity index is 567. The van der Waals surface area contributed by atoms with Crippen molar-refractivity contribution < 1.29 is 48.5 Å². The van der Waals surface area contributed by atoms with Crippen molar-refractivity contribution >= 4 is 81.0 Å². The van der Waals surface area contributed by atoms with Gasteiger partial charge >= 0.3 is 35.8 Å². The molecule has 0 heterocycles. The molecule has 0 amide bonds. The molecule has 0 aliphatic carbocycles. The fourth-order valence-electron chi connectivity index (χ4n) is 0.897. The highest BCUT2D eigenvalue weighted by Crippen LogP contribution is 2.19. The van der Waals surface area contributed by atoms with Crippen molar-refractivity contribution in [1.82, 2.24) is 0 Å². The maximum Gasteiger partial charge on any atom is 0.338 e. The van der Waals surface area contributed by atoms with Gasteiger partial charge in [-0.3, -0.25) is 9.59 Å². The first-order valence-corrected chi connectivity index (χ1v) is 8.15. The summed E-state index contributed by atoms with van der Waals surface area (Å²) in [4.78, 5) is 65.9. The van der Waals surface area contributed by atoms with E-state index in [0.29, 0.717) is 24.3 Å². The van der Waals surface area contributed by atoms with Crippen molar-refractivity contribution in [2.75, 3.05) is 0 Å². The normalized spacial score (nSPS) is 13.2. The van der Waals surface area contributed by atoms with Crippen LogP contribution >= 0.6 is 45.2 Å². The molecule has 24 heavy (non-hydrogen) atoms. The summed E-state index contributed by atoms with van der Waals surface area (Å²) in [6.45, 7) is 0. The van der Waals surface area contributed by atoms with E-state index in [1.807, 2.05) is 0 Å². The van der Waals surface area contributed by atoms with Crippen molar-refractivity contribution in [2.45, 2.75) is 7.85 Å². The zero-order valence-corrected chi connectivity index (χ0v) is 15.7. The topological polar surface area (TPSA) is 161 Å². The van der Waals surface area contributed by atoms with Gasteiger partial charge in [-0.2, -0.15) is 0 Å². The first-order valence-electron chi connectivity index (χ1n) is 5.66. The minimum atomic E-state index is -1.42. The van der Waals surface area contributed by atoms with E-state index < -0.39 is 43.7 Å². The number of esters is 4. The van der Waals surface area contributed by atoms with Gasteiger partial charge in [-0.15, -0.1) is 0 Å². The van der Waals surface area contributed by atoms with Crippen LogP contribution in [-0.4, -0.2) is 53.9 Å². The van der Waals surface area contributed by atoms with E-state index in [-0.39, 0.29) is 0 Å². The highest BCUT2D eigenvalue weighted by Gasteiger charge is 2.33. The summed E-state index contributed by atoms with van der Waals surface area (Å²) in [5.74, 6) is -7.65. The number of hydrogen-bond donors (Lipinski definition) is 2. The lowest BCUT2D eigenvalue weighted by Gasteiger charge is -2.12. The molecular weight excluding hydrogens is 558 g/mol. The second-order valence-corrected chi connectivity index (χ2v) is 6.31. The number of rotatable bonds is 7. The first kappa shape index (κ1) is 22.2. The Morgan fingerprint density at radius 3 is 1.21 bits per heavy atom. The van der Waals surface area contributed by atoms with Gasteiger partial charge in [0.25, 0.3) is 0 Å². The number of carboxylic acid groups (broad SMARTS) is 2. The molecule has 0 aromatic rings. The number of hydrogen-bond acceptors (Lipinski definition) is 8. The molecule has 0 spiro atoms. The molecule has 130 valence electrons. The van der Waals surface area contributed by atoms with E-state index >= 15 is 0 Å². The second kappa shape index (κ2) is 10.8. The van der Waals surface area contributed by atoms with Crippen LogP contribution < -0.4 is 0 Å². The third kappa shape index (κ3) is 9.33. The summed E-state index contributed by atoms with van der Waals surface area (Å²) in [6, 6.07) is 0. The average molecular weight is 566 g/mol. The highest BCUT2D eigenvalue weighted by molar-refractivity contribution is 14.1. The molecule has 0 fully saturated rings. The molecule has 0 rings (SSSR count). The maximum absolute atomic E-state index is 11.6. The van der Waals surface area contributed by atoms with Crippen LogP contribution in [0.4, 0.5) is 0 Å². The first-order chi connectivity index (χ1) is 11.0. The number of halogens is 2. The molecule has 2 N–H and O–H groups in total. The molecule has 0 aromatic heterocycles. The lowest BCUT2D eigenvalue weighted by Crippen LogP contribution is -2.35. The van der Waals surface area contributed by atoms with Gasteiger partial charge in [0.1, 0.15) is 7.85 Å². The van der Waals surface area contributed by atoms with Gasteiger partial charge in [0.15, 0.2) is 0 Å². The van der Waals surface area contributed by atoms with Crippen molar-refractivity contribution in [3.8, 4) is 0 Å². The summed E-state index contributed by atoms with van der Waals surface area (Å²) in [5.41, 5.74) is 0. The predicted molar refractivity (Wildman–Crippen MR) is 91.4 cm³/mol. The molecule has 10 nitrogen and oxygen atoms in total. The molecule has 0 bridgehead atoms. The van der Waals surface area contributed by atoms with E-state index in [2.05, 4.69) is 9.47 Å². The third-order valence-electron chi connectivity index (χ3n) is 1.83. The molecule has 0 radical (unpaired) electrons. The number of carbonyl (C=O) groups is 6. The average Bonchev–Trinajstić information content (AvgIpc) is 2.49. The monoisotopic (exact) mass is 566 g/mol. The van der Waals surface area contributed by atoms with Crippen molar-refractivity contribution in [3.05, 3.63) is 24.3 Å². The Labute approximate surface area is 161 Å². The summed E-state index contributed by atoms with van der Waals surface area (Å²) < 4.78 is 6.13. The van der Waals surface area contributed by atoms with Crippen LogP contribution in [0.3, 0.4) is 0 Å². The molecule has 0 aliphatic heterocycles. The zero-order chi connectivity index (χ0) is 18.9. The fraction of sp³-hybridized carbons (Fsp3) is 0.167. The number of alkyl halides is 2. The van der Waals surface area contributed by atoms with Gasteiger partial charge in [0.2, 0.25) is 0 Å². The number of ether oxygens (including phenoxy) is 2. The predicted octanol–water partition coefficient (Wildman–Crippen LogP) is 0.0148. The van der Waals surface area contributed by atoms with Crippen molar-refractivity contribution in [3.63, 3.8) is 0 Å². The van der Waals surface area contributed by atoms with Gasteiger partial charge < -0.3 is 19.7 Å². The lowest BCUT2D eigenvalue weighted by molar-refractivity contribution is -0.160. The van der Waals surface area contributed by atoms with E-state index in [0.717, 1.165) is 0 Å². The highest BCUT2D eigenvalue weighted by atomic mass is 127. The van der Waals surface area contributed by atoms with Crippen molar-refractivity contribution in [1.29, 1.82) is 0 Å².